The summed E-state index contributed by atoms with van der Waals surface area (Å²) >= 11 is 0. The van der Waals surface area contributed by atoms with E-state index >= 15 is 0 Å². The van der Waals surface area contributed by atoms with Gasteiger partial charge in [0, 0.05) is 0 Å². The summed E-state index contributed by atoms with van der Waals surface area (Å²) < 4.78 is 30.1. The van der Waals surface area contributed by atoms with E-state index in [1.165, 1.54) is 0 Å². The molecule has 0 saturated heterocycles. The zero-order valence-electron chi connectivity index (χ0n) is 6.25. The molecule has 0 radical (unpaired) electrons. The maximum Gasteiger partial charge on any atom is 0.344 e. The van der Waals surface area contributed by atoms with Crippen LogP contribution in [-0.4, -0.2) is 11.1 Å². The highest BCUT2D eigenvalue weighted by atomic mass is 19.1. The van der Waals surface area contributed by atoms with Crippen molar-refractivity contribution in [3.8, 4) is 0 Å². The molecule has 0 aromatic heterocycles. The number of cyclic esters (lactones) is 1. The van der Waals surface area contributed by atoms with Crippen molar-refractivity contribution in [1.82, 2.24) is 0 Å². The number of hydrogen-bond donors (Lipinski definition) is 1. The standard InChI is InChI=1S/C8H4F2O3/c9-3-1-2-4(10)6-5(3)7(11)13-8(6)12/h1-2,7,11H. The molecule has 1 unspecified atom stereocenters. The number of aliphatic hydroxyl groups is 1. The first-order valence-electron chi connectivity index (χ1n) is 3.48. The van der Waals surface area contributed by atoms with Crippen molar-refractivity contribution in [2.24, 2.45) is 0 Å². The van der Waals surface area contributed by atoms with Gasteiger partial charge in [-0.1, -0.05) is 0 Å². The number of hydrogen-bond acceptors (Lipinski definition) is 3. The molecule has 1 N–H and O–H groups in total. The van der Waals surface area contributed by atoms with E-state index < -0.39 is 35.0 Å². The molecule has 68 valence electrons. The minimum absolute atomic E-state index is 0.426. The van der Waals surface area contributed by atoms with Gasteiger partial charge < -0.3 is 9.84 Å². The minimum atomic E-state index is -1.70. The van der Waals surface area contributed by atoms with E-state index in [1.807, 2.05) is 0 Å². The maximum atomic E-state index is 12.9. The van der Waals surface area contributed by atoms with Gasteiger partial charge in [0.15, 0.2) is 0 Å². The summed E-state index contributed by atoms with van der Waals surface area (Å²) in [5, 5.41) is 9.01. The third-order valence-corrected chi connectivity index (χ3v) is 1.81. The fraction of sp³-hybridized carbons (Fsp3) is 0.125. The van der Waals surface area contributed by atoms with Crippen LogP contribution in [0.1, 0.15) is 22.2 Å². The zero-order valence-corrected chi connectivity index (χ0v) is 6.25. The molecule has 5 heteroatoms. The number of halogens is 2. The molecular formula is C8H4F2O3. The summed E-state index contributed by atoms with van der Waals surface area (Å²) in [6, 6.07) is 1.65. The predicted molar refractivity (Wildman–Crippen MR) is 36.7 cm³/mol. The van der Waals surface area contributed by atoms with Crippen LogP contribution in [0.25, 0.3) is 0 Å². The van der Waals surface area contributed by atoms with Gasteiger partial charge >= 0.3 is 5.97 Å². The lowest BCUT2D eigenvalue weighted by molar-refractivity contribution is -0.0562. The second kappa shape index (κ2) is 2.50. The Morgan fingerprint density at radius 1 is 1.31 bits per heavy atom. The average Bonchev–Trinajstić information content (AvgIpc) is 2.36. The number of carbonyl (C=O) groups excluding carboxylic acids is 1. The van der Waals surface area contributed by atoms with E-state index in [0.717, 1.165) is 12.1 Å². The van der Waals surface area contributed by atoms with Crippen LogP contribution in [0.5, 0.6) is 0 Å². The summed E-state index contributed by atoms with van der Waals surface area (Å²) in [5.41, 5.74) is -0.947. The molecule has 13 heavy (non-hydrogen) atoms. The summed E-state index contributed by atoms with van der Waals surface area (Å²) in [6.07, 6.45) is -1.70. The number of fused-ring (bicyclic) bond motifs is 1. The second-order valence-electron chi connectivity index (χ2n) is 2.58. The fourth-order valence-corrected chi connectivity index (χ4v) is 1.24. The van der Waals surface area contributed by atoms with Crippen LogP contribution in [0.15, 0.2) is 12.1 Å². The van der Waals surface area contributed by atoms with Crippen LogP contribution in [0.2, 0.25) is 0 Å². The molecule has 3 nitrogen and oxygen atoms in total. The maximum absolute atomic E-state index is 12.9. The van der Waals surface area contributed by atoms with Crippen molar-refractivity contribution in [3.05, 3.63) is 34.9 Å². The van der Waals surface area contributed by atoms with E-state index in [4.69, 9.17) is 5.11 Å². The third-order valence-electron chi connectivity index (χ3n) is 1.81. The Morgan fingerprint density at radius 3 is 2.54 bits per heavy atom. The lowest BCUT2D eigenvalue weighted by Crippen LogP contribution is -1.98. The Kier molecular flexibility index (Phi) is 1.56. The molecule has 0 saturated carbocycles. The SMILES string of the molecule is O=C1OC(O)c2c(F)ccc(F)c21. The first kappa shape index (κ1) is 8.12. The summed E-state index contributed by atoms with van der Waals surface area (Å²) in [7, 11) is 0. The molecule has 1 aliphatic rings. The lowest BCUT2D eigenvalue weighted by atomic mass is 10.1. The normalized spacial score (nSPS) is 19.9. The summed E-state index contributed by atoms with van der Waals surface area (Å²) in [5.74, 6) is -2.78. The van der Waals surface area contributed by atoms with Gasteiger partial charge in [-0.25, -0.2) is 13.6 Å². The number of aliphatic hydroxyl groups excluding tert-OH is 1. The fourth-order valence-electron chi connectivity index (χ4n) is 1.24. The lowest BCUT2D eigenvalue weighted by Gasteiger charge is -2.01. The molecule has 1 aromatic carbocycles. The van der Waals surface area contributed by atoms with Crippen LogP contribution in [-0.2, 0) is 4.74 Å². The molecule has 0 aliphatic carbocycles. The number of ether oxygens (including phenoxy) is 1. The van der Waals surface area contributed by atoms with Crippen molar-refractivity contribution in [2.45, 2.75) is 6.29 Å². The number of esters is 1. The smallest absolute Gasteiger partial charge is 0.344 e. The first-order chi connectivity index (χ1) is 6.11. The average molecular weight is 186 g/mol. The minimum Gasteiger partial charge on any atom is -0.428 e. The van der Waals surface area contributed by atoms with Gasteiger partial charge in [-0.05, 0) is 12.1 Å². The van der Waals surface area contributed by atoms with Crippen molar-refractivity contribution in [2.75, 3.05) is 0 Å². The first-order valence-corrected chi connectivity index (χ1v) is 3.48. The van der Waals surface area contributed by atoms with Gasteiger partial charge in [-0.2, -0.15) is 0 Å². The predicted octanol–water partition coefficient (Wildman–Crippen LogP) is 1.13. The van der Waals surface area contributed by atoms with Crippen LogP contribution in [0.3, 0.4) is 0 Å². The molecule has 1 heterocycles. The molecule has 1 aliphatic heterocycles. The Balaban J connectivity index is 2.74. The summed E-state index contributed by atoms with van der Waals surface area (Å²) in [6.45, 7) is 0. The van der Waals surface area contributed by atoms with Crippen molar-refractivity contribution >= 4 is 5.97 Å². The van der Waals surface area contributed by atoms with Crippen LogP contribution in [0, 0.1) is 11.6 Å². The Hall–Kier alpha value is -1.49. The van der Waals surface area contributed by atoms with Crippen molar-refractivity contribution < 1.29 is 23.4 Å². The van der Waals surface area contributed by atoms with Crippen molar-refractivity contribution in [3.63, 3.8) is 0 Å². The van der Waals surface area contributed by atoms with Crippen LogP contribution >= 0.6 is 0 Å². The number of rotatable bonds is 0. The highest BCUT2D eigenvalue weighted by Crippen LogP contribution is 2.32. The summed E-state index contributed by atoms with van der Waals surface area (Å²) in [4.78, 5) is 10.9. The van der Waals surface area contributed by atoms with E-state index in [9.17, 15) is 13.6 Å². The largest absolute Gasteiger partial charge is 0.428 e. The van der Waals surface area contributed by atoms with E-state index in [1.54, 1.807) is 0 Å². The third kappa shape index (κ3) is 1.01. The Morgan fingerprint density at radius 2 is 1.92 bits per heavy atom. The molecule has 0 amide bonds. The van der Waals surface area contributed by atoms with Gasteiger partial charge in [0.2, 0.25) is 6.29 Å². The van der Waals surface area contributed by atoms with Gasteiger partial charge in [0.25, 0.3) is 0 Å². The molecular weight excluding hydrogens is 182 g/mol. The van der Waals surface area contributed by atoms with Gasteiger partial charge in [0.05, 0.1) is 5.56 Å². The zero-order chi connectivity index (χ0) is 9.59. The van der Waals surface area contributed by atoms with E-state index in [2.05, 4.69) is 4.74 Å². The van der Waals surface area contributed by atoms with Gasteiger partial charge in [0.1, 0.15) is 17.2 Å². The Labute approximate surface area is 71.6 Å². The number of benzene rings is 1. The topological polar surface area (TPSA) is 46.5 Å². The molecule has 0 spiro atoms. The van der Waals surface area contributed by atoms with Crippen molar-refractivity contribution in [1.29, 1.82) is 0 Å². The second-order valence-corrected chi connectivity index (χ2v) is 2.58. The number of carbonyl (C=O) groups is 1. The molecule has 1 aromatic rings. The van der Waals surface area contributed by atoms with Gasteiger partial charge in [-0.3, -0.25) is 0 Å². The monoisotopic (exact) mass is 186 g/mol. The van der Waals surface area contributed by atoms with Crippen LogP contribution in [0.4, 0.5) is 8.78 Å². The van der Waals surface area contributed by atoms with Gasteiger partial charge in [-0.15, -0.1) is 0 Å². The Bertz CT molecular complexity index is 389. The van der Waals surface area contributed by atoms with Crippen LogP contribution < -0.4 is 0 Å². The van der Waals surface area contributed by atoms with E-state index in [0.29, 0.717) is 0 Å². The quantitative estimate of drug-likeness (QED) is 0.617. The molecule has 0 fully saturated rings. The highest BCUT2D eigenvalue weighted by molar-refractivity contribution is 5.94. The highest BCUT2D eigenvalue weighted by Gasteiger charge is 2.35. The molecule has 2 rings (SSSR count). The molecule has 1 atom stereocenters. The molecule has 0 bridgehead atoms. The van der Waals surface area contributed by atoms with E-state index in [-0.39, 0.29) is 0 Å².